The highest BCUT2D eigenvalue weighted by Crippen LogP contribution is 2.28. The summed E-state index contributed by atoms with van der Waals surface area (Å²) in [5.74, 6) is -1.15. The van der Waals surface area contributed by atoms with Crippen LogP contribution in [-0.2, 0) is 10.0 Å². The third kappa shape index (κ3) is 2.89. The van der Waals surface area contributed by atoms with Crippen LogP contribution < -0.4 is 0 Å². The zero-order valence-corrected chi connectivity index (χ0v) is 13.5. The van der Waals surface area contributed by atoms with Gasteiger partial charge in [0.15, 0.2) is 0 Å². The molecule has 1 fully saturated rings. The van der Waals surface area contributed by atoms with Crippen molar-refractivity contribution in [1.82, 2.24) is 4.31 Å². The van der Waals surface area contributed by atoms with E-state index in [2.05, 4.69) is 15.9 Å². The van der Waals surface area contributed by atoms with Crippen molar-refractivity contribution in [3.05, 3.63) is 27.7 Å². The van der Waals surface area contributed by atoms with Gasteiger partial charge in [-0.2, -0.15) is 4.31 Å². The number of aromatic carboxylic acids is 1. The Morgan fingerprint density at radius 3 is 2.40 bits per heavy atom. The van der Waals surface area contributed by atoms with Crippen LogP contribution in [0.1, 0.15) is 35.2 Å². The molecule has 110 valence electrons. The topological polar surface area (TPSA) is 74.7 Å². The molecular weight excluding hydrogens is 346 g/mol. The SMILES string of the molecule is Cc1cc(Br)c(C(=O)O)cc1S(=O)(=O)N1CCCCC1. The zero-order valence-electron chi connectivity index (χ0n) is 11.1. The second kappa shape index (κ2) is 5.83. The predicted molar refractivity (Wildman–Crippen MR) is 78.4 cm³/mol. The smallest absolute Gasteiger partial charge is 0.336 e. The maximum Gasteiger partial charge on any atom is 0.336 e. The van der Waals surface area contributed by atoms with Crippen LogP contribution in [0.3, 0.4) is 0 Å². The lowest BCUT2D eigenvalue weighted by atomic mass is 10.1. The Balaban J connectivity index is 2.50. The number of halogens is 1. The van der Waals surface area contributed by atoms with Crippen molar-refractivity contribution >= 4 is 31.9 Å². The van der Waals surface area contributed by atoms with Gasteiger partial charge in [0.05, 0.1) is 10.5 Å². The molecule has 0 radical (unpaired) electrons. The predicted octanol–water partition coefficient (Wildman–Crippen LogP) is 2.63. The summed E-state index contributed by atoms with van der Waals surface area (Å²) >= 11 is 3.16. The Bertz CT molecular complexity index is 636. The molecule has 0 spiro atoms. The summed E-state index contributed by atoms with van der Waals surface area (Å²) in [6.45, 7) is 2.67. The fourth-order valence-electron chi connectivity index (χ4n) is 2.34. The van der Waals surface area contributed by atoms with Crippen LogP contribution in [0.25, 0.3) is 0 Å². The van der Waals surface area contributed by atoms with E-state index < -0.39 is 16.0 Å². The van der Waals surface area contributed by atoms with Gasteiger partial charge in [0.25, 0.3) is 0 Å². The van der Waals surface area contributed by atoms with Gasteiger partial charge in [0, 0.05) is 17.6 Å². The molecule has 1 heterocycles. The van der Waals surface area contributed by atoms with Crippen LogP contribution in [0.5, 0.6) is 0 Å². The molecule has 1 N–H and O–H groups in total. The highest BCUT2D eigenvalue weighted by atomic mass is 79.9. The van der Waals surface area contributed by atoms with Crippen molar-refractivity contribution in [2.45, 2.75) is 31.1 Å². The van der Waals surface area contributed by atoms with Gasteiger partial charge in [-0.15, -0.1) is 0 Å². The van der Waals surface area contributed by atoms with Crippen LogP contribution >= 0.6 is 15.9 Å². The lowest BCUT2D eigenvalue weighted by Crippen LogP contribution is -2.36. The average molecular weight is 362 g/mol. The van der Waals surface area contributed by atoms with E-state index in [0.29, 0.717) is 23.1 Å². The lowest BCUT2D eigenvalue weighted by Gasteiger charge is -2.26. The minimum absolute atomic E-state index is 0.0359. The van der Waals surface area contributed by atoms with E-state index in [0.717, 1.165) is 19.3 Å². The Morgan fingerprint density at radius 2 is 1.85 bits per heavy atom. The first-order valence-corrected chi connectivity index (χ1v) is 8.61. The molecule has 5 nitrogen and oxygen atoms in total. The Labute approximate surface area is 126 Å². The van der Waals surface area contributed by atoms with E-state index in [9.17, 15) is 13.2 Å². The first kappa shape index (κ1) is 15.5. The van der Waals surface area contributed by atoms with Crippen LogP contribution in [-0.4, -0.2) is 36.9 Å². The maximum atomic E-state index is 12.6. The van der Waals surface area contributed by atoms with Crippen LogP contribution in [0.2, 0.25) is 0 Å². The molecule has 0 atom stereocenters. The van der Waals surface area contributed by atoms with E-state index in [4.69, 9.17) is 5.11 Å². The Hall–Kier alpha value is -0.920. The first-order valence-electron chi connectivity index (χ1n) is 6.37. The van der Waals surface area contributed by atoms with Gasteiger partial charge in [-0.1, -0.05) is 6.42 Å². The van der Waals surface area contributed by atoms with Crippen molar-refractivity contribution in [2.24, 2.45) is 0 Å². The fourth-order valence-corrected chi connectivity index (χ4v) is 4.72. The summed E-state index contributed by atoms with van der Waals surface area (Å²) in [4.78, 5) is 11.2. The van der Waals surface area contributed by atoms with E-state index in [1.54, 1.807) is 13.0 Å². The molecule has 0 aromatic heterocycles. The minimum atomic E-state index is -3.62. The summed E-state index contributed by atoms with van der Waals surface area (Å²) in [5.41, 5.74) is 0.513. The van der Waals surface area contributed by atoms with Crippen molar-refractivity contribution in [3.8, 4) is 0 Å². The molecule has 1 saturated heterocycles. The largest absolute Gasteiger partial charge is 0.478 e. The molecule has 1 aliphatic rings. The van der Waals surface area contributed by atoms with Crippen LogP contribution in [0, 0.1) is 6.92 Å². The quantitative estimate of drug-likeness (QED) is 0.897. The summed E-state index contributed by atoms with van der Waals surface area (Å²) < 4.78 is 27.1. The molecule has 1 aromatic carbocycles. The van der Waals surface area contributed by atoms with Gasteiger partial charge < -0.3 is 5.11 Å². The third-order valence-electron chi connectivity index (χ3n) is 3.43. The van der Waals surface area contributed by atoms with Gasteiger partial charge in [-0.25, -0.2) is 13.2 Å². The minimum Gasteiger partial charge on any atom is -0.478 e. The molecule has 20 heavy (non-hydrogen) atoms. The van der Waals surface area contributed by atoms with E-state index in [-0.39, 0.29) is 10.5 Å². The molecule has 2 rings (SSSR count). The summed E-state index contributed by atoms with van der Waals surface area (Å²) in [5, 5.41) is 9.12. The average Bonchev–Trinajstić information content (AvgIpc) is 2.39. The molecule has 0 amide bonds. The molecule has 0 bridgehead atoms. The highest BCUT2D eigenvalue weighted by molar-refractivity contribution is 9.10. The van der Waals surface area contributed by atoms with E-state index in [1.165, 1.54) is 10.4 Å². The standard InChI is InChI=1S/C13H16BrNO4S/c1-9-7-11(14)10(13(16)17)8-12(9)20(18,19)15-5-3-2-4-6-15/h7-8H,2-6H2,1H3,(H,16,17). The number of sulfonamides is 1. The molecule has 0 aliphatic carbocycles. The first-order chi connectivity index (χ1) is 9.34. The number of carboxylic acids is 1. The van der Waals surface area contributed by atoms with Gasteiger partial charge >= 0.3 is 5.97 Å². The number of hydrogen-bond acceptors (Lipinski definition) is 3. The van der Waals surface area contributed by atoms with Crippen molar-refractivity contribution in [2.75, 3.05) is 13.1 Å². The molecule has 0 saturated carbocycles. The number of piperidine rings is 1. The number of benzene rings is 1. The van der Waals surface area contributed by atoms with Crippen molar-refractivity contribution in [3.63, 3.8) is 0 Å². The van der Waals surface area contributed by atoms with Crippen LogP contribution in [0.4, 0.5) is 0 Å². The van der Waals surface area contributed by atoms with Gasteiger partial charge in [0.1, 0.15) is 0 Å². The molecule has 7 heteroatoms. The molecule has 1 aromatic rings. The van der Waals surface area contributed by atoms with E-state index in [1.807, 2.05) is 0 Å². The molecular formula is C13H16BrNO4S. The summed E-state index contributed by atoms with van der Waals surface area (Å²) in [7, 11) is -3.62. The Kier molecular flexibility index (Phi) is 4.51. The zero-order chi connectivity index (χ0) is 14.9. The molecule has 1 aliphatic heterocycles. The summed E-state index contributed by atoms with van der Waals surface area (Å²) in [6.07, 6.45) is 2.73. The van der Waals surface area contributed by atoms with Crippen molar-refractivity contribution < 1.29 is 18.3 Å². The van der Waals surface area contributed by atoms with E-state index >= 15 is 0 Å². The normalized spacial score (nSPS) is 17.1. The number of nitrogens with zero attached hydrogens (tertiary/aromatic N) is 1. The van der Waals surface area contributed by atoms with Crippen molar-refractivity contribution in [1.29, 1.82) is 0 Å². The number of aryl methyl sites for hydroxylation is 1. The third-order valence-corrected chi connectivity index (χ3v) is 6.12. The number of hydrogen-bond donors (Lipinski definition) is 1. The number of rotatable bonds is 3. The summed E-state index contributed by atoms with van der Waals surface area (Å²) in [6, 6.07) is 2.78. The highest BCUT2D eigenvalue weighted by Gasteiger charge is 2.28. The number of carbonyl (C=O) groups is 1. The molecule has 0 unspecified atom stereocenters. The van der Waals surface area contributed by atoms with Crippen LogP contribution in [0.15, 0.2) is 21.5 Å². The van der Waals surface area contributed by atoms with Gasteiger partial charge in [-0.3, -0.25) is 0 Å². The Morgan fingerprint density at radius 1 is 1.25 bits per heavy atom. The van der Waals surface area contributed by atoms with Gasteiger partial charge in [0.2, 0.25) is 10.0 Å². The lowest BCUT2D eigenvalue weighted by molar-refractivity contribution is 0.0695. The number of carboxylic acid groups (broad SMARTS) is 1. The fraction of sp³-hybridized carbons (Fsp3) is 0.462. The van der Waals surface area contributed by atoms with Gasteiger partial charge in [-0.05, 0) is 53.4 Å². The second-order valence-electron chi connectivity index (χ2n) is 4.87. The second-order valence-corrected chi connectivity index (χ2v) is 7.63. The maximum absolute atomic E-state index is 12.6. The monoisotopic (exact) mass is 361 g/mol.